The second-order valence-electron chi connectivity index (χ2n) is 9.52. The topological polar surface area (TPSA) is 0 Å². The molecule has 0 aromatic carbocycles. The van der Waals surface area contributed by atoms with Crippen LogP contribution in [0.15, 0.2) is 72.4 Å². The van der Waals surface area contributed by atoms with E-state index in [-0.39, 0.29) is 0 Å². The van der Waals surface area contributed by atoms with Gasteiger partial charge >= 0.3 is 0 Å². The third kappa shape index (κ3) is 6.80. The van der Waals surface area contributed by atoms with Gasteiger partial charge in [0.2, 0.25) is 0 Å². The van der Waals surface area contributed by atoms with Gasteiger partial charge in [0, 0.05) is 0 Å². The van der Waals surface area contributed by atoms with Crippen molar-refractivity contribution in [1.29, 1.82) is 0 Å². The fourth-order valence-electron chi connectivity index (χ4n) is 5.01. The van der Waals surface area contributed by atoms with Gasteiger partial charge in [-0.05, 0) is 78.9 Å². The fourth-order valence-corrected chi connectivity index (χ4v) is 5.01. The maximum Gasteiger partial charge on any atom is -0.00883 e. The van der Waals surface area contributed by atoms with Gasteiger partial charge in [-0.3, -0.25) is 0 Å². The molecule has 2 aliphatic rings. The lowest BCUT2D eigenvalue weighted by molar-refractivity contribution is 0.0892. The third-order valence-electron chi connectivity index (χ3n) is 6.90. The van der Waals surface area contributed by atoms with E-state index in [9.17, 15) is 0 Å². The van der Waals surface area contributed by atoms with Gasteiger partial charge in [-0.1, -0.05) is 95.7 Å². The minimum Gasteiger partial charge on any atom is -0.0990 e. The molecule has 0 aromatic rings. The van der Waals surface area contributed by atoms with Crippen molar-refractivity contribution in [2.45, 2.75) is 85.0 Å². The molecule has 1 fully saturated rings. The molecular formula is C28H42. The Bertz CT molecular complexity index is 637. The van der Waals surface area contributed by atoms with Gasteiger partial charge < -0.3 is 0 Å². The SMILES string of the molecule is C=C/C=C(\C=C)C1=CC=C(CCCC2(C)CCCCC2CCC(C)C)C=CC1. The highest BCUT2D eigenvalue weighted by Crippen LogP contribution is 2.47. The van der Waals surface area contributed by atoms with Gasteiger partial charge in [0.15, 0.2) is 0 Å². The smallest absolute Gasteiger partial charge is 0.00883 e. The molecule has 2 unspecified atom stereocenters. The van der Waals surface area contributed by atoms with Gasteiger partial charge in [0.25, 0.3) is 0 Å². The molecule has 0 N–H and O–H groups in total. The summed E-state index contributed by atoms with van der Waals surface area (Å²) in [5.41, 5.74) is 4.54. The van der Waals surface area contributed by atoms with Crippen molar-refractivity contribution in [3.8, 4) is 0 Å². The molecule has 0 bridgehead atoms. The Balaban J connectivity index is 1.94. The summed E-state index contributed by atoms with van der Waals surface area (Å²) in [6.45, 7) is 15.1. The first-order valence-electron chi connectivity index (χ1n) is 11.5. The maximum absolute atomic E-state index is 3.94. The lowest BCUT2D eigenvalue weighted by atomic mass is 9.63. The van der Waals surface area contributed by atoms with Gasteiger partial charge in [-0.2, -0.15) is 0 Å². The number of allylic oxidation sites excluding steroid dienone is 10. The summed E-state index contributed by atoms with van der Waals surface area (Å²) in [5.74, 6) is 1.78. The van der Waals surface area contributed by atoms with Gasteiger partial charge in [-0.25, -0.2) is 0 Å². The van der Waals surface area contributed by atoms with E-state index in [0.717, 1.165) is 18.3 Å². The zero-order valence-electron chi connectivity index (χ0n) is 18.7. The zero-order chi connectivity index (χ0) is 20.4. The standard InChI is InChI=1S/C28H42/c1-6-12-25(7-2)26-15-10-13-24(18-19-26)14-11-22-28(5)21-9-8-16-27(28)20-17-23(3)4/h6-7,10,12-13,18-19,23,27H,1-2,8-9,11,14-17,20-22H2,3-5H3/b25-12+. The Kier molecular flexibility index (Phi) is 9.29. The summed E-state index contributed by atoms with van der Waals surface area (Å²) >= 11 is 0. The van der Waals surface area contributed by atoms with E-state index in [1.165, 1.54) is 74.5 Å². The molecule has 0 amide bonds. The lowest BCUT2D eigenvalue weighted by Gasteiger charge is -2.42. The Morgan fingerprint density at radius 3 is 2.79 bits per heavy atom. The zero-order valence-corrected chi connectivity index (χ0v) is 18.7. The third-order valence-corrected chi connectivity index (χ3v) is 6.90. The molecule has 0 heterocycles. The highest BCUT2D eigenvalue weighted by Gasteiger charge is 2.35. The second-order valence-corrected chi connectivity index (χ2v) is 9.52. The van der Waals surface area contributed by atoms with Crippen LogP contribution in [-0.2, 0) is 0 Å². The van der Waals surface area contributed by atoms with Crippen molar-refractivity contribution in [3.63, 3.8) is 0 Å². The van der Waals surface area contributed by atoms with Crippen LogP contribution in [0.2, 0.25) is 0 Å². The van der Waals surface area contributed by atoms with E-state index in [1.54, 1.807) is 0 Å². The Morgan fingerprint density at radius 2 is 2.07 bits per heavy atom. The molecule has 0 aliphatic heterocycles. The molecule has 0 heteroatoms. The van der Waals surface area contributed by atoms with E-state index in [0.29, 0.717) is 5.41 Å². The minimum atomic E-state index is 0.561. The molecule has 0 nitrogen and oxygen atoms in total. The molecule has 0 saturated heterocycles. The molecule has 0 spiro atoms. The first kappa shape index (κ1) is 22.7. The predicted molar refractivity (Wildman–Crippen MR) is 126 cm³/mol. The minimum absolute atomic E-state index is 0.561. The molecule has 154 valence electrons. The summed E-state index contributed by atoms with van der Waals surface area (Å²) in [5, 5.41) is 0. The average Bonchev–Trinajstić information content (AvgIpc) is 2.91. The Hall–Kier alpha value is -1.56. The highest BCUT2D eigenvalue weighted by atomic mass is 14.4. The summed E-state index contributed by atoms with van der Waals surface area (Å²) < 4.78 is 0. The first-order valence-corrected chi connectivity index (χ1v) is 11.5. The van der Waals surface area contributed by atoms with E-state index in [1.807, 2.05) is 18.2 Å². The Labute approximate surface area is 174 Å². The van der Waals surface area contributed by atoms with E-state index in [4.69, 9.17) is 0 Å². The summed E-state index contributed by atoms with van der Waals surface area (Å²) in [4.78, 5) is 0. The maximum atomic E-state index is 3.94. The fraction of sp³-hybridized carbons (Fsp3) is 0.571. The van der Waals surface area contributed by atoms with Crippen LogP contribution in [0.5, 0.6) is 0 Å². The largest absolute Gasteiger partial charge is 0.0990 e. The normalized spacial score (nSPS) is 25.9. The van der Waals surface area contributed by atoms with Crippen molar-refractivity contribution in [3.05, 3.63) is 72.4 Å². The van der Waals surface area contributed by atoms with Crippen LogP contribution in [0.4, 0.5) is 0 Å². The summed E-state index contributed by atoms with van der Waals surface area (Å²) in [6.07, 6.45) is 28.5. The lowest BCUT2D eigenvalue weighted by Crippen LogP contribution is -2.31. The molecule has 2 aliphatic carbocycles. The van der Waals surface area contributed by atoms with Gasteiger partial charge in [-0.15, -0.1) is 0 Å². The van der Waals surface area contributed by atoms with Gasteiger partial charge in [0.05, 0.1) is 0 Å². The van der Waals surface area contributed by atoms with Crippen LogP contribution in [0.1, 0.15) is 85.0 Å². The summed E-state index contributed by atoms with van der Waals surface area (Å²) in [7, 11) is 0. The van der Waals surface area contributed by atoms with Crippen LogP contribution in [-0.4, -0.2) is 0 Å². The van der Waals surface area contributed by atoms with Crippen LogP contribution < -0.4 is 0 Å². The monoisotopic (exact) mass is 378 g/mol. The van der Waals surface area contributed by atoms with Gasteiger partial charge in [0.1, 0.15) is 0 Å². The van der Waals surface area contributed by atoms with E-state index < -0.39 is 0 Å². The molecular weight excluding hydrogens is 336 g/mol. The van der Waals surface area contributed by atoms with Crippen molar-refractivity contribution in [2.24, 2.45) is 17.3 Å². The van der Waals surface area contributed by atoms with Crippen LogP contribution in [0.25, 0.3) is 0 Å². The van der Waals surface area contributed by atoms with Crippen molar-refractivity contribution in [1.82, 2.24) is 0 Å². The average molecular weight is 379 g/mol. The second kappa shape index (κ2) is 11.4. The quantitative estimate of drug-likeness (QED) is 0.333. The van der Waals surface area contributed by atoms with Crippen LogP contribution in [0, 0.1) is 17.3 Å². The molecule has 0 radical (unpaired) electrons. The first-order chi connectivity index (χ1) is 13.5. The molecule has 28 heavy (non-hydrogen) atoms. The van der Waals surface area contributed by atoms with Crippen molar-refractivity contribution in [2.75, 3.05) is 0 Å². The highest BCUT2D eigenvalue weighted by molar-refractivity contribution is 5.46. The number of rotatable bonds is 10. The predicted octanol–water partition coefficient (Wildman–Crippen LogP) is 8.90. The Morgan fingerprint density at radius 1 is 1.25 bits per heavy atom. The van der Waals surface area contributed by atoms with Crippen LogP contribution in [0.3, 0.4) is 0 Å². The molecule has 2 atom stereocenters. The molecule has 0 aromatic heterocycles. The number of hydrogen-bond donors (Lipinski definition) is 0. The van der Waals surface area contributed by atoms with Crippen molar-refractivity contribution < 1.29 is 0 Å². The van der Waals surface area contributed by atoms with E-state index in [2.05, 4.69) is 58.2 Å². The van der Waals surface area contributed by atoms with Crippen LogP contribution >= 0.6 is 0 Å². The molecule has 2 rings (SSSR count). The van der Waals surface area contributed by atoms with Crippen molar-refractivity contribution >= 4 is 0 Å². The van der Waals surface area contributed by atoms with E-state index >= 15 is 0 Å². The summed E-state index contributed by atoms with van der Waals surface area (Å²) in [6, 6.07) is 0. The number of hydrogen-bond acceptors (Lipinski definition) is 0. The molecule has 1 saturated carbocycles.